The minimum atomic E-state index is -0.905. The number of carbonyl (C=O) groups is 1. The van der Waals surface area contributed by atoms with E-state index in [4.69, 9.17) is 14.2 Å². The molecule has 0 spiro atoms. The number of ether oxygens (including phenoxy) is 3. The van der Waals surface area contributed by atoms with Gasteiger partial charge in [0.15, 0.2) is 0 Å². The quantitative estimate of drug-likeness (QED) is 0.747. The summed E-state index contributed by atoms with van der Waals surface area (Å²) in [7, 11) is 3.08. The van der Waals surface area contributed by atoms with Gasteiger partial charge in [-0.2, -0.15) is 0 Å². The van der Waals surface area contributed by atoms with Gasteiger partial charge in [-0.3, -0.25) is 4.79 Å². The van der Waals surface area contributed by atoms with Gasteiger partial charge in [0.2, 0.25) is 0 Å². The molecule has 5 heteroatoms. The molecule has 0 aliphatic heterocycles. The Hall–Kier alpha value is -2.69. The van der Waals surface area contributed by atoms with Gasteiger partial charge in [0.25, 0.3) is 0 Å². The molecule has 1 unspecified atom stereocenters. The summed E-state index contributed by atoms with van der Waals surface area (Å²) < 4.78 is 16.1. The number of benzene rings is 2. The molecule has 134 valence electrons. The van der Waals surface area contributed by atoms with E-state index in [2.05, 4.69) is 0 Å². The first kappa shape index (κ1) is 18.6. The lowest BCUT2D eigenvalue weighted by atomic mass is 9.91. The van der Waals surface area contributed by atoms with Crippen LogP contribution in [0.3, 0.4) is 0 Å². The Balaban J connectivity index is 2.25. The van der Waals surface area contributed by atoms with Crippen LogP contribution in [0.5, 0.6) is 17.2 Å². The lowest BCUT2D eigenvalue weighted by molar-refractivity contribution is -0.138. The van der Waals surface area contributed by atoms with Crippen LogP contribution in [-0.4, -0.2) is 31.9 Å². The molecule has 0 radical (unpaired) electrons. The van der Waals surface area contributed by atoms with Gasteiger partial charge in [-0.25, -0.2) is 0 Å². The van der Waals surface area contributed by atoms with E-state index in [0.29, 0.717) is 30.1 Å². The highest BCUT2D eigenvalue weighted by Gasteiger charge is 2.24. The van der Waals surface area contributed by atoms with Crippen LogP contribution in [-0.2, 0) is 11.2 Å². The first-order valence-corrected chi connectivity index (χ1v) is 8.25. The number of carboxylic acid groups (broad SMARTS) is 1. The molecule has 1 N–H and O–H groups in total. The average molecular weight is 344 g/mol. The Kier molecular flexibility index (Phi) is 6.69. The minimum Gasteiger partial charge on any atom is -0.497 e. The van der Waals surface area contributed by atoms with Crippen molar-refractivity contribution in [3.05, 3.63) is 53.6 Å². The van der Waals surface area contributed by atoms with Gasteiger partial charge < -0.3 is 19.3 Å². The fraction of sp³-hybridized carbons (Fsp3) is 0.350. The van der Waals surface area contributed by atoms with Crippen LogP contribution in [0, 0.1) is 0 Å². The van der Waals surface area contributed by atoms with Gasteiger partial charge in [-0.05, 0) is 48.7 Å². The topological polar surface area (TPSA) is 65.0 Å². The fourth-order valence-corrected chi connectivity index (χ4v) is 2.62. The maximum Gasteiger partial charge on any atom is 0.311 e. The molecule has 0 fully saturated rings. The fourth-order valence-electron chi connectivity index (χ4n) is 2.62. The second-order valence-electron chi connectivity index (χ2n) is 5.70. The molecule has 1 atom stereocenters. The summed E-state index contributed by atoms with van der Waals surface area (Å²) in [5.41, 5.74) is 1.52. The van der Waals surface area contributed by atoms with Crippen LogP contribution in [0.4, 0.5) is 0 Å². The zero-order valence-corrected chi connectivity index (χ0v) is 14.8. The third kappa shape index (κ3) is 4.89. The summed E-state index contributed by atoms with van der Waals surface area (Å²) in [5, 5.41) is 9.72. The highest BCUT2D eigenvalue weighted by Crippen LogP contribution is 2.33. The summed E-state index contributed by atoms with van der Waals surface area (Å²) in [6.07, 6.45) is 1.30. The predicted molar refractivity (Wildman–Crippen MR) is 95.9 cm³/mol. The standard InChI is InChI=1S/C20H24O5/c1-4-11-25-15-7-5-14(6-8-15)12-18(20(21)22)17-13-16(23-2)9-10-19(17)24-3/h5-10,13,18H,4,11-12H2,1-3H3,(H,21,22). The van der Waals surface area contributed by atoms with E-state index < -0.39 is 11.9 Å². The van der Waals surface area contributed by atoms with Crippen LogP contribution in [0.15, 0.2) is 42.5 Å². The van der Waals surface area contributed by atoms with Crippen molar-refractivity contribution in [2.24, 2.45) is 0 Å². The van der Waals surface area contributed by atoms with E-state index in [1.165, 1.54) is 7.11 Å². The van der Waals surface area contributed by atoms with E-state index in [0.717, 1.165) is 17.7 Å². The largest absolute Gasteiger partial charge is 0.497 e. The van der Waals surface area contributed by atoms with Gasteiger partial charge in [-0.15, -0.1) is 0 Å². The summed E-state index contributed by atoms with van der Waals surface area (Å²) >= 11 is 0. The molecule has 2 aromatic rings. The lowest BCUT2D eigenvalue weighted by Crippen LogP contribution is -2.15. The summed E-state index contributed by atoms with van der Waals surface area (Å²) in [5.74, 6) is 0.295. The van der Waals surface area contributed by atoms with Crippen molar-refractivity contribution in [1.29, 1.82) is 0 Å². The summed E-state index contributed by atoms with van der Waals surface area (Å²) in [4.78, 5) is 11.9. The number of carboxylic acids is 1. The Morgan fingerprint density at radius 1 is 1.04 bits per heavy atom. The van der Waals surface area contributed by atoms with Crippen molar-refractivity contribution in [2.75, 3.05) is 20.8 Å². The van der Waals surface area contributed by atoms with E-state index >= 15 is 0 Å². The third-order valence-corrected chi connectivity index (χ3v) is 3.95. The molecule has 2 aromatic carbocycles. The monoisotopic (exact) mass is 344 g/mol. The van der Waals surface area contributed by atoms with Gasteiger partial charge >= 0.3 is 5.97 Å². The normalized spacial score (nSPS) is 11.6. The number of rotatable bonds is 9. The number of methoxy groups -OCH3 is 2. The van der Waals surface area contributed by atoms with Crippen molar-refractivity contribution in [3.8, 4) is 17.2 Å². The Labute approximate surface area is 148 Å². The summed E-state index contributed by atoms with van der Waals surface area (Å²) in [6.45, 7) is 2.71. The summed E-state index contributed by atoms with van der Waals surface area (Å²) in [6, 6.07) is 12.7. The molecule has 5 nitrogen and oxygen atoms in total. The van der Waals surface area contributed by atoms with Crippen LogP contribution < -0.4 is 14.2 Å². The maximum atomic E-state index is 11.9. The van der Waals surface area contributed by atoms with Crippen LogP contribution >= 0.6 is 0 Å². The van der Waals surface area contributed by atoms with E-state index in [1.54, 1.807) is 25.3 Å². The Bertz CT molecular complexity index is 694. The molecule has 0 aromatic heterocycles. The van der Waals surface area contributed by atoms with E-state index in [-0.39, 0.29) is 0 Å². The molecule has 0 saturated carbocycles. The van der Waals surface area contributed by atoms with Crippen LogP contribution in [0.25, 0.3) is 0 Å². The van der Waals surface area contributed by atoms with Gasteiger partial charge in [-0.1, -0.05) is 19.1 Å². The van der Waals surface area contributed by atoms with Crippen LogP contribution in [0.2, 0.25) is 0 Å². The SMILES string of the molecule is CCCOc1ccc(CC(C(=O)O)c2cc(OC)ccc2OC)cc1. The second kappa shape index (κ2) is 8.97. The molecule has 0 aliphatic rings. The predicted octanol–water partition coefficient (Wildman–Crippen LogP) is 3.90. The number of aliphatic carboxylic acids is 1. The zero-order chi connectivity index (χ0) is 18.2. The van der Waals surface area contributed by atoms with E-state index in [1.807, 2.05) is 31.2 Å². The maximum absolute atomic E-state index is 11.9. The van der Waals surface area contributed by atoms with Crippen molar-refractivity contribution in [1.82, 2.24) is 0 Å². The zero-order valence-electron chi connectivity index (χ0n) is 14.8. The first-order chi connectivity index (χ1) is 12.1. The van der Waals surface area contributed by atoms with Crippen LogP contribution in [0.1, 0.15) is 30.4 Å². The highest BCUT2D eigenvalue weighted by atomic mass is 16.5. The first-order valence-electron chi connectivity index (χ1n) is 8.25. The molecule has 0 saturated heterocycles. The van der Waals surface area contributed by atoms with Crippen molar-refractivity contribution in [3.63, 3.8) is 0 Å². The average Bonchev–Trinajstić information content (AvgIpc) is 2.64. The number of hydrogen-bond donors (Lipinski definition) is 1. The van der Waals surface area contributed by atoms with Crippen molar-refractivity contribution >= 4 is 5.97 Å². The molecule has 2 rings (SSSR count). The molecular formula is C20H24O5. The molecule has 0 heterocycles. The van der Waals surface area contributed by atoms with Gasteiger partial charge in [0.05, 0.1) is 26.7 Å². The Morgan fingerprint density at radius 2 is 1.72 bits per heavy atom. The molecule has 0 bridgehead atoms. The Morgan fingerprint density at radius 3 is 2.28 bits per heavy atom. The van der Waals surface area contributed by atoms with Crippen molar-refractivity contribution in [2.45, 2.75) is 25.7 Å². The van der Waals surface area contributed by atoms with E-state index in [9.17, 15) is 9.90 Å². The van der Waals surface area contributed by atoms with Crippen molar-refractivity contribution < 1.29 is 24.1 Å². The van der Waals surface area contributed by atoms with Gasteiger partial charge in [0.1, 0.15) is 17.2 Å². The molecular weight excluding hydrogens is 320 g/mol. The highest BCUT2D eigenvalue weighted by molar-refractivity contribution is 5.78. The number of hydrogen-bond acceptors (Lipinski definition) is 4. The smallest absolute Gasteiger partial charge is 0.311 e. The minimum absolute atomic E-state index is 0.354. The molecule has 0 amide bonds. The molecule has 25 heavy (non-hydrogen) atoms. The third-order valence-electron chi connectivity index (χ3n) is 3.95. The van der Waals surface area contributed by atoms with Gasteiger partial charge in [0, 0.05) is 5.56 Å². The second-order valence-corrected chi connectivity index (χ2v) is 5.70. The lowest BCUT2D eigenvalue weighted by Gasteiger charge is -2.17. The molecule has 0 aliphatic carbocycles.